The van der Waals surface area contributed by atoms with Crippen LogP contribution in [0.15, 0.2) is 24.3 Å². The molecule has 120 valence electrons. The van der Waals surface area contributed by atoms with Gasteiger partial charge in [-0.25, -0.2) is 0 Å². The van der Waals surface area contributed by atoms with Gasteiger partial charge in [0.25, 0.3) is 0 Å². The molecule has 1 unspecified atom stereocenters. The molecule has 1 aromatic rings. The van der Waals surface area contributed by atoms with Crippen LogP contribution in [0.25, 0.3) is 0 Å². The van der Waals surface area contributed by atoms with Gasteiger partial charge in [-0.05, 0) is 24.6 Å². The molecule has 0 aliphatic carbocycles. The van der Waals surface area contributed by atoms with Crippen LogP contribution in [0.5, 0.6) is 5.75 Å². The molecule has 0 saturated heterocycles. The average Bonchev–Trinajstić information content (AvgIpc) is 2.38. The Balaban J connectivity index is 2.79. The van der Waals surface area contributed by atoms with Gasteiger partial charge in [0, 0.05) is 12.1 Å². The van der Waals surface area contributed by atoms with E-state index in [0.29, 0.717) is 5.56 Å². The number of alkyl halides is 3. The predicted molar refractivity (Wildman–Crippen MR) is 70.7 cm³/mol. The lowest BCUT2D eigenvalue weighted by Gasteiger charge is -2.13. The van der Waals surface area contributed by atoms with Crippen LogP contribution in [-0.2, 0) is 20.7 Å². The molecule has 0 aliphatic rings. The van der Waals surface area contributed by atoms with Gasteiger partial charge in [-0.1, -0.05) is 12.1 Å². The minimum atomic E-state index is -4.78. The average molecular weight is 317 g/mol. The first-order valence-electron chi connectivity index (χ1n) is 6.14. The summed E-state index contributed by atoms with van der Waals surface area (Å²) in [7, 11) is 1.11. The number of carbonyl (C=O) groups is 2. The molecule has 0 amide bonds. The molecular weight excluding hydrogens is 303 g/mol. The first-order valence-corrected chi connectivity index (χ1v) is 6.14. The third-order valence-electron chi connectivity index (χ3n) is 2.74. The quantitative estimate of drug-likeness (QED) is 0.497. The Morgan fingerprint density at radius 3 is 2.18 bits per heavy atom. The van der Waals surface area contributed by atoms with Crippen molar-refractivity contribution in [2.75, 3.05) is 7.11 Å². The van der Waals surface area contributed by atoms with Crippen molar-refractivity contribution in [2.45, 2.75) is 19.7 Å². The molecule has 0 aliphatic heterocycles. The van der Waals surface area contributed by atoms with Crippen molar-refractivity contribution in [1.82, 2.24) is 0 Å². The van der Waals surface area contributed by atoms with Crippen molar-refractivity contribution < 1.29 is 32.2 Å². The van der Waals surface area contributed by atoms with Crippen molar-refractivity contribution in [3.8, 4) is 5.75 Å². The SMILES string of the molecule is COC(=O)C(C(=N)Cc1ccc(OC(F)(F)F)cc1)C(C)=O. The number of esters is 1. The number of ketones is 1. The standard InChI is InChI=1S/C14H14F3NO4/c1-8(19)12(13(20)21-2)11(18)7-9-3-5-10(6-4-9)22-14(15,16)17/h3-6,12,18H,7H2,1-2H3. The van der Waals surface area contributed by atoms with Crippen LogP contribution in [0.3, 0.4) is 0 Å². The zero-order valence-corrected chi connectivity index (χ0v) is 11.9. The highest BCUT2D eigenvalue weighted by Gasteiger charge is 2.31. The monoisotopic (exact) mass is 317 g/mol. The lowest BCUT2D eigenvalue weighted by atomic mass is 9.94. The Morgan fingerprint density at radius 1 is 1.23 bits per heavy atom. The number of Topliss-reactive ketones (excluding diaryl/α,β-unsaturated/α-hetero) is 1. The molecule has 0 radical (unpaired) electrons. The fraction of sp³-hybridized carbons (Fsp3) is 0.357. The van der Waals surface area contributed by atoms with Crippen LogP contribution in [0.4, 0.5) is 13.2 Å². The number of ether oxygens (including phenoxy) is 2. The van der Waals surface area contributed by atoms with Gasteiger partial charge < -0.3 is 14.9 Å². The zero-order valence-electron chi connectivity index (χ0n) is 11.9. The van der Waals surface area contributed by atoms with E-state index in [1.54, 1.807) is 0 Å². The lowest BCUT2D eigenvalue weighted by Crippen LogP contribution is -2.32. The normalized spacial score (nSPS) is 12.4. The largest absolute Gasteiger partial charge is 0.573 e. The van der Waals surface area contributed by atoms with Crippen LogP contribution >= 0.6 is 0 Å². The summed E-state index contributed by atoms with van der Waals surface area (Å²) in [6.45, 7) is 1.16. The highest BCUT2D eigenvalue weighted by molar-refractivity contribution is 6.17. The molecule has 0 saturated carbocycles. The Bertz CT molecular complexity index is 566. The molecular formula is C14H14F3NO4. The minimum Gasteiger partial charge on any atom is -0.468 e. The maximum absolute atomic E-state index is 12.0. The van der Waals surface area contributed by atoms with E-state index < -0.39 is 24.0 Å². The molecule has 0 fully saturated rings. The van der Waals surface area contributed by atoms with Gasteiger partial charge in [0.05, 0.1) is 7.11 Å². The fourth-order valence-electron chi connectivity index (χ4n) is 1.80. The summed E-state index contributed by atoms with van der Waals surface area (Å²) in [6.07, 6.45) is -4.84. The lowest BCUT2D eigenvalue weighted by molar-refractivity contribution is -0.274. The maximum Gasteiger partial charge on any atom is 0.573 e. The van der Waals surface area contributed by atoms with Crippen molar-refractivity contribution in [3.63, 3.8) is 0 Å². The number of hydrogen-bond acceptors (Lipinski definition) is 5. The van der Waals surface area contributed by atoms with Gasteiger partial charge >= 0.3 is 12.3 Å². The van der Waals surface area contributed by atoms with E-state index in [1.165, 1.54) is 12.1 Å². The molecule has 0 spiro atoms. The predicted octanol–water partition coefficient (Wildman–Crippen LogP) is 2.53. The number of halogens is 3. The summed E-state index contributed by atoms with van der Waals surface area (Å²) in [5.74, 6) is -3.07. The Labute approximate surface area is 124 Å². The highest BCUT2D eigenvalue weighted by atomic mass is 19.4. The summed E-state index contributed by atoms with van der Waals surface area (Å²) in [4.78, 5) is 22.9. The molecule has 22 heavy (non-hydrogen) atoms. The number of hydrogen-bond donors (Lipinski definition) is 1. The van der Waals surface area contributed by atoms with Crippen LogP contribution < -0.4 is 4.74 Å². The molecule has 1 rings (SSSR count). The Morgan fingerprint density at radius 2 is 1.77 bits per heavy atom. The summed E-state index contributed by atoms with van der Waals surface area (Å²) in [5.41, 5.74) is 0.276. The second-order valence-electron chi connectivity index (χ2n) is 4.46. The molecule has 1 N–H and O–H groups in total. The smallest absolute Gasteiger partial charge is 0.468 e. The van der Waals surface area contributed by atoms with E-state index in [-0.39, 0.29) is 17.9 Å². The molecule has 1 atom stereocenters. The first-order chi connectivity index (χ1) is 10.1. The van der Waals surface area contributed by atoms with E-state index in [1.807, 2.05) is 0 Å². The molecule has 0 aromatic heterocycles. The number of nitrogens with one attached hydrogen (secondary N) is 1. The molecule has 5 nitrogen and oxygen atoms in total. The summed E-state index contributed by atoms with van der Waals surface area (Å²) >= 11 is 0. The molecule has 8 heteroatoms. The van der Waals surface area contributed by atoms with Gasteiger partial charge in [0.2, 0.25) is 0 Å². The van der Waals surface area contributed by atoms with E-state index in [0.717, 1.165) is 26.2 Å². The molecule has 1 aromatic carbocycles. The topological polar surface area (TPSA) is 76.5 Å². The molecule has 0 heterocycles. The fourth-order valence-corrected chi connectivity index (χ4v) is 1.80. The maximum atomic E-state index is 12.0. The third kappa shape index (κ3) is 5.19. The number of methoxy groups -OCH3 is 1. The summed E-state index contributed by atoms with van der Waals surface area (Å²) < 4.78 is 44.3. The van der Waals surface area contributed by atoms with Gasteiger partial charge in [-0.2, -0.15) is 0 Å². The van der Waals surface area contributed by atoms with Crippen LogP contribution in [0.2, 0.25) is 0 Å². The van der Waals surface area contributed by atoms with Crippen LogP contribution in [0.1, 0.15) is 12.5 Å². The second-order valence-corrected chi connectivity index (χ2v) is 4.46. The minimum absolute atomic E-state index is 0.0638. The second kappa shape index (κ2) is 7.06. The van der Waals surface area contributed by atoms with Gasteiger partial charge in [-0.15, -0.1) is 13.2 Å². The van der Waals surface area contributed by atoms with E-state index in [4.69, 9.17) is 5.41 Å². The Hall–Kier alpha value is -2.38. The summed E-state index contributed by atoms with van der Waals surface area (Å²) in [6, 6.07) is 4.84. The van der Waals surface area contributed by atoms with Gasteiger partial charge in [0.15, 0.2) is 5.92 Å². The number of rotatable bonds is 6. The van der Waals surface area contributed by atoms with Crippen LogP contribution in [-0.4, -0.2) is 30.9 Å². The summed E-state index contributed by atoms with van der Waals surface area (Å²) in [5, 5.41) is 7.81. The number of carbonyl (C=O) groups excluding carboxylic acids is 2. The highest BCUT2D eigenvalue weighted by Crippen LogP contribution is 2.23. The van der Waals surface area contributed by atoms with Crippen LogP contribution in [0, 0.1) is 11.3 Å². The van der Waals surface area contributed by atoms with Crippen molar-refractivity contribution in [3.05, 3.63) is 29.8 Å². The van der Waals surface area contributed by atoms with Crippen molar-refractivity contribution >= 4 is 17.5 Å². The van der Waals surface area contributed by atoms with Gasteiger partial charge in [0.1, 0.15) is 11.5 Å². The number of benzene rings is 1. The van der Waals surface area contributed by atoms with E-state index in [9.17, 15) is 22.8 Å². The first kappa shape index (κ1) is 17.7. The van der Waals surface area contributed by atoms with Crippen molar-refractivity contribution in [1.29, 1.82) is 5.41 Å². The molecule has 0 bridgehead atoms. The Kier molecular flexibility index (Phi) is 5.67. The van der Waals surface area contributed by atoms with Gasteiger partial charge in [-0.3, -0.25) is 9.59 Å². The van der Waals surface area contributed by atoms with Crippen molar-refractivity contribution in [2.24, 2.45) is 5.92 Å². The third-order valence-corrected chi connectivity index (χ3v) is 2.74. The zero-order chi connectivity index (χ0) is 16.9. The van der Waals surface area contributed by atoms with E-state index >= 15 is 0 Å². The van der Waals surface area contributed by atoms with E-state index in [2.05, 4.69) is 9.47 Å².